The number of carbonyl (C=O) groups is 1. The normalized spacial score (nSPS) is 16.7. The van der Waals surface area contributed by atoms with Gasteiger partial charge in [-0.25, -0.2) is 12.8 Å². The van der Waals surface area contributed by atoms with Crippen molar-refractivity contribution in [3.8, 4) is 12.3 Å². The van der Waals surface area contributed by atoms with E-state index < -0.39 is 10.0 Å². The molecule has 10 heteroatoms. The first-order valence-corrected chi connectivity index (χ1v) is 12.4. The Balaban J connectivity index is 1.55. The van der Waals surface area contributed by atoms with Crippen molar-refractivity contribution in [1.29, 1.82) is 0 Å². The summed E-state index contributed by atoms with van der Waals surface area (Å²) >= 11 is 2.39. The molecule has 0 aliphatic carbocycles. The molecule has 3 aromatic rings. The first kappa shape index (κ1) is 20.9. The number of rotatable bonds is 4. The molecule has 0 bridgehead atoms. The van der Waals surface area contributed by atoms with E-state index in [1.54, 1.807) is 28.1 Å². The largest absolute Gasteiger partial charge is 0.305 e. The zero-order valence-electron chi connectivity index (χ0n) is 15.8. The lowest BCUT2D eigenvalue weighted by Crippen LogP contribution is -2.40. The van der Waals surface area contributed by atoms with Crippen LogP contribution in [0.3, 0.4) is 0 Å². The molecule has 3 heterocycles. The third-order valence-electron chi connectivity index (χ3n) is 4.99. The Hall–Kier alpha value is -2.32. The van der Waals surface area contributed by atoms with Crippen LogP contribution < -0.4 is 4.80 Å². The maximum Gasteiger partial charge on any atom is 0.252 e. The van der Waals surface area contributed by atoms with Crippen LogP contribution in [0.2, 0.25) is 0 Å². The van der Waals surface area contributed by atoms with Gasteiger partial charge in [0.2, 0.25) is 0 Å². The summed E-state index contributed by atoms with van der Waals surface area (Å²) in [6.07, 6.45) is 6.26. The molecule has 1 aliphatic rings. The van der Waals surface area contributed by atoms with Crippen molar-refractivity contribution in [2.75, 3.05) is 13.1 Å². The van der Waals surface area contributed by atoms with Crippen molar-refractivity contribution >= 4 is 48.8 Å². The van der Waals surface area contributed by atoms with Crippen LogP contribution in [0.1, 0.15) is 12.8 Å². The highest BCUT2D eigenvalue weighted by molar-refractivity contribution is 7.91. The van der Waals surface area contributed by atoms with Crippen molar-refractivity contribution in [3.63, 3.8) is 0 Å². The minimum absolute atomic E-state index is 0.218. The third-order valence-corrected chi connectivity index (χ3v) is 9.31. The maximum atomic E-state index is 13.6. The number of sulfonamides is 1. The average Bonchev–Trinajstić information content (AvgIpc) is 3.38. The first-order valence-electron chi connectivity index (χ1n) is 9.25. The van der Waals surface area contributed by atoms with Gasteiger partial charge in [-0.15, -0.1) is 17.8 Å². The zero-order valence-corrected chi connectivity index (χ0v) is 18.3. The lowest BCUT2D eigenvalue weighted by Gasteiger charge is -2.29. The van der Waals surface area contributed by atoms with Gasteiger partial charge in [0.1, 0.15) is 10.0 Å². The van der Waals surface area contributed by atoms with Crippen LogP contribution >= 0.6 is 22.7 Å². The summed E-state index contributed by atoms with van der Waals surface area (Å²) in [6, 6.07) is 7.65. The molecule has 1 aromatic carbocycles. The van der Waals surface area contributed by atoms with Gasteiger partial charge in [0, 0.05) is 19.0 Å². The molecule has 156 valence electrons. The van der Waals surface area contributed by atoms with Crippen molar-refractivity contribution in [3.05, 3.63) is 46.3 Å². The fourth-order valence-corrected chi connectivity index (χ4v) is 7.12. The van der Waals surface area contributed by atoms with E-state index in [0.717, 1.165) is 5.52 Å². The predicted octanol–water partition coefficient (Wildman–Crippen LogP) is 3.06. The summed E-state index contributed by atoms with van der Waals surface area (Å²) in [4.78, 5) is 17.5. The highest BCUT2D eigenvalue weighted by atomic mass is 32.2. The van der Waals surface area contributed by atoms with E-state index >= 15 is 0 Å². The molecule has 0 spiro atoms. The van der Waals surface area contributed by atoms with E-state index in [2.05, 4.69) is 10.9 Å². The van der Waals surface area contributed by atoms with Gasteiger partial charge >= 0.3 is 0 Å². The summed E-state index contributed by atoms with van der Waals surface area (Å²) in [7, 11) is -3.51. The second-order valence-electron chi connectivity index (χ2n) is 6.85. The van der Waals surface area contributed by atoms with Gasteiger partial charge in [-0.1, -0.05) is 23.3 Å². The lowest BCUT2D eigenvalue weighted by molar-refractivity contribution is -0.122. The number of halogens is 1. The molecule has 0 atom stereocenters. The minimum atomic E-state index is -3.51. The van der Waals surface area contributed by atoms with Gasteiger partial charge in [0.05, 0.1) is 16.8 Å². The van der Waals surface area contributed by atoms with E-state index in [-0.39, 0.29) is 37.3 Å². The molecule has 1 aliphatic heterocycles. The van der Waals surface area contributed by atoms with Crippen molar-refractivity contribution < 1.29 is 17.6 Å². The molecule has 4 rings (SSSR count). The van der Waals surface area contributed by atoms with E-state index in [9.17, 15) is 17.6 Å². The third kappa shape index (κ3) is 3.98. The van der Waals surface area contributed by atoms with Crippen LogP contribution in [-0.4, -0.2) is 36.3 Å². The van der Waals surface area contributed by atoms with Crippen LogP contribution in [0, 0.1) is 24.1 Å². The Labute approximate surface area is 181 Å². The van der Waals surface area contributed by atoms with Gasteiger partial charge < -0.3 is 4.57 Å². The van der Waals surface area contributed by atoms with Crippen LogP contribution in [0.15, 0.2) is 44.9 Å². The standard InChI is InChI=1S/C20H18FN3O3S3/c1-2-9-24-16-6-5-15(21)13-17(16)29-20(24)22-19(25)14-7-10-23(11-8-14)30(26,27)18-4-3-12-28-18/h1,3-6,12-14H,7-11H2. The molecule has 1 fully saturated rings. The Morgan fingerprint density at radius 2 is 2.07 bits per heavy atom. The van der Waals surface area contributed by atoms with Crippen molar-refractivity contribution in [2.24, 2.45) is 10.9 Å². The number of nitrogens with zero attached hydrogens (tertiary/aromatic N) is 3. The number of carbonyl (C=O) groups excluding carboxylic acids is 1. The number of hydrogen-bond acceptors (Lipinski definition) is 5. The molecular formula is C20H18FN3O3S3. The molecule has 6 nitrogen and oxygen atoms in total. The molecular weight excluding hydrogens is 445 g/mol. The van der Waals surface area contributed by atoms with E-state index in [1.807, 2.05) is 0 Å². The van der Waals surface area contributed by atoms with Crippen molar-refractivity contribution in [2.45, 2.75) is 23.6 Å². The molecule has 0 unspecified atom stereocenters. The van der Waals surface area contributed by atoms with E-state index in [1.165, 1.54) is 39.1 Å². The second kappa shape index (κ2) is 8.43. The smallest absolute Gasteiger partial charge is 0.252 e. The number of amides is 1. The summed E-state index contributed by atoms with van der Waals surface area (Å²) < 4.78 is 42.9. The van der Waals surface area contributed by atoms with Crippen LogP contribution in [-0.2, 0) is 21.4 Å². The van der Waals surface area contributed by atoms with Crippen LogP contribution in [0.5, 0.6) is 0 Å². The fourth-order valence-electron chi connectivity index (χ4n) is 3.44. The highest BCUT2D eigenvalue weighted by Gasteiger charge is 2.32. The second-order valence-corrected chi connectivity index (χ2v) is 11.0. The number of thiazole rings is 1. The predicted molar refractivity (Wildman–Crippen MR) is 115 cm³/mol. The molecule has 1 amide bonds. The minimum Gasteiger partial charge on any atom is -0.305 e. The summed E-state index contributed by atoms with van der Waals surface area (Å²) in [5.74, 6) is 1.51. The van der Waals surface area contributed by atoms with E-state index in [0.29, 0.717) is 26.6 Å². The molecule has 2 aromatic heterocycles. The van der Waals surface area contributed by atoms with Gasteiger partial charge in [0.25, 0.3) is 15.9 Å². The van der Waals surface area contributed by atoms with Crippen LogP contribution in [0.25, 0.3) is 10.2 Å². The molecule has 1 saturated heterocycles. The molecule has 0 N–H and O–H groups in total. The topological polar surface area (TPSA) is 71.7 Å². The SMILES string of the molecule is C#CCn1c(=NC(=O)C2CCN(S(=O)(=O)c3cccs3)CC2)sc2cc(F)ccc21. The lowest BCUT2D eigenvalue weighted by atomic mass is 9.98. The highest BCUT2D eigenvalue weighted by Crippen LogP contribution is 2.27. The van der Waals surface area contributed by atoms with Crippen LogP contribution in [0.4, 0.5) is 4.39 Å². The Morgan fingerprint density at radius 1 is 1.30 bits per heavy atom. The maximum absolute atomic E-state index is 13.6. The van der Waals surface area contributed by atoms with E-state index in [4.69, 9.17) is 6.42 Å². The Kier molecular flexibility index (Phi) is 5.88. The zero-order chi connectivity index (χ0) is 21.3. The number of piperidine rings is 1. The van der Waals surface area contributed by atoms with Gasteiger partial charge in [-0.05, 0) is 42.5 Å². The average molecular weight is 464 g/mol. The Morgan fingerprint density at radius 3 is 2.73 bits per heavy atom. The quantitative estimate of drug-likeness (QED) is 0.559. The molecule has 30 heavy (non-hydrogen) atoms. The molecule has 0 radical (unpaired) electrons. The number of hydrogen-bond donors (Lipinski definition) is 0. The molecule has 0 saturated carbocycles. The summed E-state index contributed by atoms with van der Waals surface area (Å²) in [5, 5.41) is 1.73. The van der Waals surface area contributed by atoms with Gasteiger partial charge in [-0.2, -0.15) is 9.30 Å². The number of thiophene rings is 1. The Bertz CT molecular complexity index is 1290. The first-order chi connectivity index (χ1) is 14.4. The fraction of sp³-hybridized carbons (Fsp3) is 0.300. The number of benzene rings is 1. The summed E-state index contributed by atoms with van der Waals surface area (Å²) in [6.45, 7) is 0.761. The monoisotopic (exact) mass is 463 g/mol. The number of aromatic nitrogens is 1. The van der Waals surface area contributed by atoms with Crippen molar-refractivity contribution in [1.82, 2.24) is 8.87 Å². The number of terminal acetylenes is 1. The number of fused-ring (bicyclic) bond motifs is 1. The summed E-state index contributed by atoms with van der Waals surface area (Å²) in [5.41, 5.74) is 0.725. The van der Waals surface area contributed by atoms with Gasteiger partial charge in [0.15, 0.2) is 4.80 Å². The van der Waals surface area contributed by atoms with Gasteiger partial charge in [-0.3, -0.25) is 4.79 Å².